The summed E-state index contributed by atoms with van der Waals surface area (Å²) in [5.41, 5.74) is 0.886. The van der Waals surface area contributed by atoms with Crippen molar-refractivity contribution in [3.63, 3.8) is 0 Å². The van der Waals surface area contributed by atoms with Gasteiger partial charge in [-0.1, -0.05) is 6.92 Å². The van der Waals surface area contributed by atoms with E-state index in [2.05, 4.69) is 27.2 Å². The van der Waals surface area contributed by atoms with E-state index in [-0.39, 0.29) is 0 Å². The summed E-state index contributed by atoms with van der Waals surface area (Å²) < 4.78 is 1.78. The first-order valence-electron chi connectivity index (χ1n) is 7.08. The van der Waals surface area contributed by atoms with Crippen LogP contribution in [0.1, 0.15) is 19.8 Å². The van der Waals surface area contributed by atoms with Crippen molar-refractivity contribution in [2.24, 2.45) is 5.92 Å². The lowest BCUT2D eigenvalue weighted by molar-refractivity contribution is 0.199. The summed E-state index contributed by atoms with van der Waals surface area (Å²) in [6.07, 6.45) is 6.37. The van der Waals surface area contributed by atoms with Gasteiger partial charge in [0.05, 0.1) is 6.20 Å². The van der Waals surface area contributed by atoms with Crippen LogP contribution in [0.3, 0.4) is 0 Å². The highest BCUT2D eigenvalue weighted by molar-refractivity contribution is 5.45. The molecule has 102 valence electrons. The maximum Gasteiger partial charge on any atom is 0.157 e. The molecule has 2 aromatic heterocycles. The molecule has 0 aromatic carbocycles. The van der Waals surface area contributed by atoms with Crippen molar-refractivity contribution >= 4 is 11.5 Å². The molecule has 3 heterocycles. The average molecular weight is 259 g/mol. The summed E-state index contributed by atoms with van der Waals surface area (Å²) in [7, 11) is 0. The van der Waals surface area contributed by atoms with Gasteiger partial charge in [-0.05, 0) is 37.9 Å². The van der Waals surface area contributed by atoms with E-state index in [1.807, 2.05) is 18.3 Å². The van der Waals surface area contributed by atoms with Gasteiger partial charge in [0.1, 0.15) is 5.82 Å². The molecule has 1 saturated heterocycles. The Morgan fingerprint density at radius 1 is 1.32 bits per heavy atom. The lowest BCUT2D eigenvalue weighted by atomic mass is 9.99. The van der Waals surface area contributed by atoms with Gasteiger partial charge in [0.15, 0.2) is 5.65 Å². The van der Waals surface area contributed by atoms with Crippen LogP contribution in [0.4, 0.5) is 5.82 Å². The predicted molar refractivity (Wildman–Crippen MR) is 76.3 cm³/mol. The van der Waals surface area contributed by atoms with Crippen molar-refractivity contribution in [3.8, 4) is 0 Å². The number of hydrogen-bond acceptors (Lipinski definition) is 4. The Bertz CT molecular complexity index is 527. The van der Waals surface area contributed by atoms with Gasteiger partial charge in [-0.15, -0.1) is 0 Å². The number of anilines is 1. The summed E-state index contributed by atoms with van der Waals surface area (Å²) in [5, 5.41) is 7.53. The zero-order chi connectivity index (χ0) is 13.1. The van der Waals surface area contributed by atoms with Crippen LogP contribution in [0.2, 0.25) is 0 Å². The molecule has 0 atom stereocenters. The Morgan fingerprint density at radius 3 is 3.00 bits per heavy atom. The van der Waals surface area contributed by atoms with Gasteiger partial charge in [0.2, 0.25) is 0 Å². The summed E-state index contributed by atoms with van der Waals surface area (Å²) in [4.78, 5) is 7.03. The zero-order valence-electron chi connectivity index (χ0n) is 11.4. The molecule has 5 heteroatoms. The van der Waals surface area contributed by atoms with Crippen molar-refractivity contribution in [1.82, 2.24) is 19.5 Å². The van der Waals surface area contributed by atoms with E-state index in [1.165, 1.54) is 25.9 Å². The Hall–Kier alpha value is -1.62. The second-order valence-electron chi connectivity index (χ2n) is 5.40. The van der Waals surface area contributed by atoms with E-state index < -0.39 is 0 Å². The van der Waals surface area contributed by atoms with Crippen molar-refractivity contribution in [1.29, 1.82) is 0 Å². The number of piperidine rings is 1. The fourth-order valence-electron chi connectivity index (χ4n) is 2.54. The Labute approximate surface area is 113 Å². The molecule has 1 aliphatic rings. The van der Waals surface area contributed by atoms with Crippen LogP contribution in [-0.4, -0.2) is 45.7 Å². The second kappa shape index (κ2) is 5.57. The van der Waals surface area contributed by atoms with Crippen LogP contribution < -0.4 is 5.32 Å². The van der Waals surface area contributed by atoms with E-state index in [1.54, 1.807) is 10.7 Å². The summed E-state index contributed by atoms with van der Waals surface area (Å²) in [6.45, 7) is 6.86. The molecule has 2 aromatic rings. The number of fused-ring (bicyclic) bond motifs is 1. The Kier molecular flexibility index (Phi) is 3.64. The maximum atomic E-state index is 4.50. The molecule has 1 aliphatic heterocycles. The van der Waals surface area contributed by atoms with Crippen LogP contribution in [0.15, 0.2) is 24.5 Å². The molecule has 1 N–H and O–H groups in total. The number of hydrogen-bond donors (Lipinski definition) is 1. The molecule has 0 spiro atoms. The third-order valence-corrected chi connectivity index (χ3v) is 3.87. The van der Waals surface area contributed by atoms with Gasteiger partial charge in [-0.2, -0.15) is 5.10 Å². The molecular weight excluding hydrogens is 238 g/mol. The normalized spacial score (nSPS) is 17.9. The fourth-order valence-corrected chi connectivity index (χ4v) is 2.54. The molecule has 1 fully saturated rings. The van der Waals surface area contributed by atoms with Gasteiger partial charge in [-0.25, -0.2) is 9.50 Å². The SMILES string of the molecule is CC1CCN(CCNc2ccn3nccc3n2)CC1. The molecular formula is C14H21N5. The zero-order valence-corrected chi connectivity index (χ0v) is 11.4. The standard InChI is InChI=1S/C14H21N5/c1-12-3-8-18(9-4-12)11-7-15-13-5-10-19-14(17-13)2-6-16-19/h2,5-6,10,12H,3-4,7-9,11H2,1H3,(H,15,17). The summed E-state index contributed by atoms with van der Waals surface area (Å²) >= 11 is 0. The molecule has 5 nitrogen and oxygen atoms in total. The van der Waals surface area contributed by atoms with E-state index in [4.69, 9.17) is 0 Å². The Balaban J connectivity index is 1.49. The number of nitrogens with one attached hydrogen (secondary N) is 1. The molecule has 3 rings (SSSR count). The van der Waals surface area contributed by atoms with Crippen molar-refractivity contribution in [2.45, 2.75) is 19.8 Å². The number of likely N-dealkylation sites (tertiary alicyclic amines) is 1. The lowest BCUT2D eigenvalue weighted by Crippen LogP contribution is -2.36. The first-order valence-corrected chi connectivity index (χ1v) is 7.08. The second-order valence-corrected chi connectivity index (χ2v) is 5.40. The smallest absolute Gasteiger partial charge is 0.157 e. The molecule has 0 amide bonds. The highest BCUT2D eigenvalue weighted by Crippen LogP contribution is 2.15. The first kappa shape index (κ1) is 12.4. The minimum absolute atomic E-state index is 0.886. The van der Waals surface area contributed by atoms with Gasteiger partial charge in [-0.3, -0.25) is 0 Å². The van der Waals surface area contributed by atoms with Crippen LogP contribution in [-0.2, 0) is 0 Å². The maximum absolute atomic E-state index is 4.50. The van der Waals surface area contributed by atoms with E-state index in [0.29, 0.717) is 0 Å². The van der Waals surface area contributed by atoms with Crippen molar-refractivity contribution in [3.05, 3.63) is 24.5 Å². The van der Waals surface area contributed by atoms with Crippen LogP contribution in [0, 0.1) is 5.92 Å². The van der Waals surface area contributed by atoms with Crippen LogP contribution in [0.5, 0.6) is 0 Å². The highest BCUT2D eigenvalue weighted by atomic mass is 15.2. The largest absolute Gasteiger partial charge is 0.369 e. The minimum Gasteiger partial charge on any atom is -0.369 e. The average Bonchev–Trinajstić information content (AvgIpc) is 2.88. The van der Waals surface area contributed by atoms with Gasteiger partial charge in [0, 0.05) is 25.4 Å². The van der Waals surface area contributed by atoms with E-state index in [0.717, 1.165) is 30.5 Å². The Morgan fingerprint density at radius 2 is 2.16 bits per heavy atom. The summed E-state index contributed by atoms with van der Waals surface area (Å²) in [6, 6.07) is 3.88. The third kappa shape index (κ3) is 3.04. The predicted octanol–water partition coefficient (Wildman–Crippen LogP) is 1.87. The monoisotopic (exact) mass is 259 g/mol. The summed E-state index contributed by atoms with van der Waals surface area (Å²) in [5.74, 6) is 1.83. The molecule has 0 unspecified atom stereocenters. The molecule has 0 radical (unpaired) electrons. The van der Waals surface area contributed by atoms with Crippen LogP contribution >= 0.6 is 0 Å². The van der Waals surface area contributed by atoms with Gasteiger partial charge in [0.25, 0.3) is 0 Å². The topological polar surface area (TPSA) is 45.5 Å². The van der Waals surface area contributed by atoms with Crippen molar-refractivity contribution in [2.75, 3.05) is 31.5 Å². The van der Waals surface area contributed by atoms with Gasteiger partial charge < -0.3 is 10.2 Å². The number of rotatable bonds is 4. The molecule has 19 heavy (non-hydrogen) atoms. The molecule has 0 aliphatic carbocycles. The van der Waals surface area contributed by atoms with Crippen molar-refractivity contribution < 1.29 is 0 Å². The van der Waals surface area contributed by atoms with E-state index >= 15 is 0 Å². The molecule has 0 bridgehead atoms. The number of nitrogens with zero attached hydrogens (tertiary/aromatic N) is 4. The lowest BCUT2D eigenvalue weighted by Gasteiger charge is -2.30. The highest BCUT2D eigenvalue weighted by Gasteiger charge is 2.14. The van der Waals surface area contributed by atoms with Gasteiger partial charge >= 0.3 is 0 Å². The fraction of sp³-hybridized carbons (Fsp3) is 0.571. The third-order valence-electron chi connectivity index (χ3n) is 3.87. The first-order chi connectivity index (χ1) is 9.31. The minimum atomic E-state index is 0.886. The molecule has 0 saturated carbocycles. The van der Waals surface area contributed by atoms with Crippen LogP contribution in [0.25, 0.3) is 5.65 Å². The van der Waals surface area contributed by atoms with E-state index in [9.17, 15) is 0 Å². The number of aromatic nitrogens is 3. The quantitative estimate of drug-likeness (QED) is 0.910.